The van der Waals surface area contributed by atoms with Crippen LogP contribution in [0.5, 0.6) is 0 Å². The van der Waals surface area contributed by atoms with Gasteiger partial charge in [0, 0.05) is 19.1 Å². The van der Waals surface area contributed by atoms with Crippen LogP contribution in [-0.2, 0) is 4.79 Å². The summed E-state index contributed by atoms with van der Waals surface area (Å²) >= 11 is 0. The van der Waals surface area contributed by atoms with Crippen molar-refractivity contribution >= 4 is 5.91 Å². The van der Waals surface area contributed by atoms with Crippen LogP contribution in [-0.4, -0.2) is 36.5 Å². The lowest BCUT2D eigenvalue weighted by atomic mass is 10.0. The lowest BCUT2D eigenvalue weighted by Crippen LogP contribution is -2.37. The summed E-state index contributed by atoms with van der Waals surface area (Å²) in [5, 5.41) is 3.27. The van der Waals surface area contributed by atoms with Gasteiger partial charge in [-0.05, 0) is 24.7 Å². The maximum absolute atomic E-state index is 11.7. The number of rotatable bonds is 3. The first kappa shape index (κ1) is 9.97. The molecule has 3 heteroatoms. The molecule has 14 heavy (non-hydrogen) atoms. The molecule has 2 unspecified atom stereocenters. The zero-order valence-electron chi connectivity index (χ0n) is 9.12. The maximum Gasteiger partial charge on any atom is 0.236 e. The Bertz CT molecular complexity index is 215. The van der Waals surface area contributed by atoms with Crippen LogP contribution in [0.3, 0.4) is 0 Å². The minimum Gasteiger partial charge on any atom is -0.341 e. The lowest BCUT2D eigenvalue weighted by Gasteiger charge is -2.16. The van der Waals surface area contributed by atoms with E-state index in [9.17, 15) is 4.79 Å². The van der Waals surface area contributed by atoms with E-state index in [4.69, 9.17) is 0 Å². The summed E-state index contributed by atoms with van der Waals surface area (Å²) in [6.07, 6.45) is 2.50. The molecule has 2 atom stereocenters. The van der Waals surface area contributed by atoms with Gasteiger partial charge in [-0.15, -0.1) is 0 Å². The van der Waals surface area contributed by atoms with E-state index in [0.717, 1.165) is 13.1 Å². The molecule has 2 aliphatic rings. The van der Waals surface area contributed by atoms with Gasteiger partial charge in [-0.2, -0.15) is 0 Å². The number of hydrogen-bond donors (Lipinski definition) is 1. The standard InChI is InChI=1S/C11H20N2O/c1-8-6-13(7-9(8)2)11(14)5-12-10-3-4-10/h8-10,12H,3-7H2,1-2H3. The smallest absolute Gasteiger partial charge is 0.236 e. The molecular weight excluding hydrogens is 176 g/mol. The van der Waals surface area contributed by atoms with Crippen LogP contribution >= 0.6 is 0 Å². The molecule has 0 radical (unpaired) electrons. The normalized spacial score (nSPS) is 32.3. The largest absolute Gasteiger partial charge is 0.341 e. The van der Waals surface area contributed by atoms with Crippen LogP contribution in [0, 0.1) is 11.8 Å². The number of hydrogen-bond acceptors (Lipinski definition) is 2. The van der Waals surface area contributed by atoms with Gasteiger partial charge in [0.05, 0.1) is 6.54 Å². The van der Waals surface area contributed by atoms with E-state index in [1.165, 1.54) is 12.8 Å². The highest BCUT2D eigenvalue weighted by molar-refractivity contribution is 5.78. The Kier molecular flexibility index (Phi) is 2.77. The monoisotopic (exact) mass is 196 g/mol. The van der Waals surface area contributed by atoms with Gasteiger partial charge in [0.1, 0.15) is 0 Å². The molecule has 1 aliphatic heterocycles. The Morgan fingerprint density at radius 1 is 1.29 bits per heavy atom. The highest BCUT2D eigenvalue weighted by Crippen LogP contribution is 2.22. The predicted molar refractivity (Wildman–Crippen MR) is 55.9 cm³/mol. The second-order valence-corrected chi connectivity index (χ2v) is 4.91. The molecule has 3 nitrogen and oxygen atoms in total. The minimum atomic E-state index is 0.285. The van der Waals surface area contributed by atoms with Gasteiger partial charge >= 0.3 is 0 Å². The van der Waals surface area contributed by atoms with Crippen molar-refractivity contribution in [2.75, 3.05) is 19.6 Å². The second kappa shape index (κ2) is 3.89. The Balaban J connectivity index is 1.74. The first-order valence-electron chi connectivity index (χ1n) is 5.68. The topological polar surface area (TPSA) is 32.3 Å². The first-order chi connectivity index (χ1) is 6.66. The fourth-order valence-electron chi connectivity index (χ4n) is 1.96. The minimum absolute atomic E-state index is 0.285. The van der Waals surface area contributed by atoms with Crippen LogP contribution in [0.1, 0.15) is 26.7 Å². The summed E-state index contributed by atoms with van der Waals surface area (Å²) < 4.78 is 0. The Hall–Kier alpha value is -0.570. The van der Waals surface area contributed by atoms with Crippen molar-refractivity contribution < 1.29 is 4.79 Å². The first-order valence-corrected chi connectivity index (χ1v) is 5.68. The number of carbonyl (C=O) groups excluding carboxylic acids is 1. The van der Waals surface area contributed by atoms with Crippen molar-refractivity contribution in [1.82, 2.24) is 10.2 Å². The van der Waals surface area contributed by atoms with Gasteiger partial charge < -0.3 is 10.2 Å². The van der Waals surface area contributed by atoms with Crippen LogP contribution < -0.4 is 5.32 Å². The second-order valence-electron chi connectivity index (χ2n) is 4.91. The van der Waals surface area contributed by atoms with E-state index >= 15 is 0 Å². The van der Waals surface area contributed by atoms with Crippen molar-refractivity contribution in [3.05, 3.63) is 0 Å². The SMILES string of the molecule is CC1CN(C(=O)CNC2CC2)CC1C. The number of amides is 1. The molecule has 1 heterocycles. The van der Waals surface area contributed by atoms with Gasteiger partial charge in [0.2, 0.25) is 5.91 Å². The van der Waals surface area contributed by atoms with Gasteiger partial charge in [-0.1, -0.05) is 13.8 Å². The highest BCUT2D eigenvalue weighted by atomic mass is 16.2. The highest BCUT2D eigenvalue weighted by Gasteiger charge is 2.30. The molecule has 0 aromatic rings. The molecule has 80 valence electrons. The van der Waals surface area contributed by atoms with E-state index in [1.54, 1.807) is 0 Å². The van der Waals surface area contributed by atoms with Crippen LogP contribution in [0.4, 0.5) is 0 Å². The average Bonchev–Trinajstić information content (AvgIpc) is 2.91. The number of carbonyl (C=O) groups is 1. The number of nitrogens with zero attached hydrogens (tertiary/aromatic N) is 1. The van der Waals surface area contributed by atoms with Crippen molar-refractivity contribution in [1.29, 1.82) is 0 Å². The van der Waals surface area contributed by atoms with Crippen molar-refractivity contribution in [2.45, 2.75) is 32.7 Å². The van der Waals surface area contributed by atoms with Crippen molar-refractivity contribution in [3.8, 4) is 0 Å². The Morgan fingerprint density at radius 2 is 1.86 bits per heavy atom. The summed E-state index contributed by atoms with van der Waals surface area (Å²) in [6.45, 7) is 6.90. The number of likely N-dealkylation sites (tertiary alicyclic amines) is 1. The molecule has 1 N–H and O–H groups in total. The average molecular weight is 196 g/mol. The fourth-order valence-corrected chi connectivity index (χ4v) is 1.96. The van der Waals surface area contributed by atoms with E-state index in [2.05, 4.69) is 19.2 Å². The van der Waals surface area contributed by atoms with E-state index in [0.29, 0.717) is 24.4 Å². The molecule has 0 aromatic heterocycles. The van der Waals surface area contributed by atoms with Gasteiger partial charge in [0.15, 0.2) is 0 Å². The van der Waals surface area contributed by atoms with Crippen LogP contribution in [0.2, 0.25) is 0 Å². The maximum atomic E-state index is 11.7. The molecule has 1 saturated carbocycles. The zero-order chi connectivity index (χ0) is 10.1. The van der Waals surface area contributed by atoms with E-state index in [-0.39, 0.29) is 5.91 Å². The summed E-state index contributed by atoms with van der Waals surface area (Å²) in [4.78, 5) is 13.7. The van der Waals surface area contributed by atoms with E-state index in [1.807, 2.05) is 4.90 Å². The summed E-state index contributed by atoms with van der Waals surface area (Å²) in [7, 11) is 0. The Morgan fingerprint density at radius 3 is 2.36 bits per heavy atom. The summed E-state index contributed by atoms with van der Waals surface area (Å²) in [6, 6.07) is 0.636. The predicted octanol–water partition coefficient (Wildman–Crippen LogP) is 0.853. The molecule has 1 amide bonds. The third kappa shape index (κ3) is 2.27. The molecule has 2 rings (SSSR count). The van der Waals surface area contributed by atoms with Crippen LogP contribution in [0.15, 0.2) is 0 Å². The third-order valence-corrected chi connectivity index (χ3v) is 3.46. The van der Waals surface area contributed by atoms with Crippen molar-refractivity contribution in [3.63, 3.8) is 0 Å². The fraction of sp³-hybridized carbons (Fsp3) is 0.909. The molecular formula is C11H20N2O. The molecule has 2 fully saturated rings. The van der Waals surface area contributed by atoms with Gasteiger partial charge in [0.25, 0.3) is 0 Å². The molecule has 1 saturated heterocycles. The summed E-state index contributed by atoms with van der Waals surface area (Å²) in [5.74, 6) is 1.62. The third-order valence-electron chi connectivity index (χ3n) is 3.46. The van der Waals surface area contributed by atoms with Crippen LogP contribution in [0.25, 0.3) is 0 Å². The van der Waals surface area contributed by atoms with Gasteiger partial charge in [-0.3, -0.25) is 4.79 Å². The molecule has 1 aliphatic carbocycles. The molecule has 0 bridgehead atoms. The molecule has 0 aromatic carbocycles. The van der Waals surface area contributed by atoms with Crippen molar-refractivity contribution in [2.24, 2.45) is 11.8 Å². The summed E-state index contributed by atoms with van der Waals surface area (Å²) in [5.41, 5.74) is 0. The Labute approximate surface area is 85.8 Å². The lowest BCUT2D eigenvalue weighted by molar-refractivity contribution is -0.129. The van der Waals surface area contributed by atoms with E-state index < -0.39 is 0 Å². The molecule has 0 spiro atoms. The quantitative estimate of drug-likeness (QED) is 0.726. The van der Waals surface area contributed by atoms with Gasteiger partial charge in [-0.25, -0.2) is 0 Å². The zero-order valence-corrected chi connectivity index (χ0v) is 9.12. The number of nitrogens with one attached hydrogen (secondary N) is 1.